The summed E-state index contributed by atoms with van der Waals surface area (Å²) < 4.78 is 5.67. The minimum atomic E-state index is -0.0489. The number of nitrogens with one attached hydrogen (secondary N) is 3. The van der Waals surface area contributed by atoms with Crippen molar-refractivity contribution < 1.29 is 9.53 Å². The first kappa shape index (κ1) is 20.3. The maximum atomic E-state index is 11.8. The highest BCUT2D eigenvalue weighted by atomic mass is 16.5. The number of nitrogens with zero attached hydrogens (tertiary/aromatic N) is 1. The average molecular weight is 368 g/mol. The molecule has 2 aromatic carbocycles. The van der Waals surface area contributed by atoms with E-state index in [4.69, 9.17) is 4.74 Å². The van der Waals surface area contributed by atoms with Crippen LogP contribution in [0.1, 0.15) is 29.3 Å². The lowest BCUT2D eigenvalue weighted by Crippen LogP contribution is -2.37. The number of para-hydroxylation sites is 1. The Hall–Kier alpha value is -3.02. The summed E-state index contributed by atoms with van der Waals surface area (Å²) in [6.45, 7) is 4.58. The molecule has 0 radical (unpaired) electrons. The highest BCUT2D eigenvalue weighted by Crippen LogP contribution is 2.08. The topological polar surface area (TPSA) is 74.8 Å². The Morgan fingerprint density at radius 3 is 2.41 bits per heavy atom. The van der Waals surface area contributed by atoms with Crippen LogP contribution < -0.4 is 20.7 Å². The van der Waals surface area contributed by atoms with Crippen molar-refractivity contribution in [3.8, 4) is 5.75 Å². The van der Waals surface area contributed by atoms with Gasteiger partial charge in [-0.05, 0) is 43.2 Å². The van der Waals surface area contributed by atoms with Crippen LogP contribution in [0.15, 0.2) is 59.6 Å². The van der Waals surface area contributed by atoms with Crippen molar-refractivity contribution in [3.05, 3.63) is 65.7 Å². The van der Waals surface area contributed by atoms with Gasteiger partial charge in [0.15, 0.2) is 5.96 Å². The Balaban J connectivity index is 1.67. The summed E-state index contributed by atoms with van der Waals surface area (Å²) >= 11 is 0. The quantitative estimate of drug-likeness (QED) is 0.361. The minimum Gasteiger partial charge on any atom is -0.494 e. The van der Waals surface area contributed by atoms with Crippen LogP contribution >= 0.6 is 0 Å². The highest BCUT2D eigenvalue weighted by Gasteiger charge is 2.04. The van der Waals surface area contributed by atoms with Gasteiger partial charge in [-0.1, -0.05) is 30.3 Å². The Morgan fingerprint density at radius 1 is 1.00 bits per heavy atom. The molecule has 0 spiro atoms. The zero-order valence-electron chi connectivity index (χ0n) is 16.0. The third-order valence-corrected chi connectivity index (χ3v) is 3.86. The van der Waals surface area contributed by atoms with Gasteiger partial charge in [-0.2, -0.15) is 0 Å². The van der Waals surface area contributed by atoms with E-state index >= 15 is 0 Å². The van der Waals surface area contributed by atoms with Crippen LogP contribution in [-0.2, 0) is 6.54 Å². The van der Waals surface area contributed by atoms with Gasteiger partial charge in [-0.3, -0.25) is 9.79 Å². The third-order valence-electron chi connectivity index (χ3n) is 3.86. The van der Waals surface area contributed by atoms with Crippen LogP contribution in [-0.4, -0.2) is 38.6 Å². The molecule has 2 rings (SSSR count). The number of ether oxygens (including phenoxy) is 1. The van der Waals surface area contributed by atoms with Crippen molar-refractivity contribution in [1.29, 1.82) is 0 Å². The van der Waals surface area contributed by atoms with E-state index in [1.807, 2.05) is 61.5 Å². The van der Waals surface area contributed by atoms with Crippen molar-refractivity contribution in [2.75, 3.05) is 26.7 Å². The number of amides is 1. The van der Waals surface area contributed by atoms with Gasteiger partial charge in [-0.15, -0.1) is 0 Å². The molecule has 0 aliphatic carbocycles. The molecule has 0 aromatic heterocycles. The van der Waals surface area contributed by atoms with E-state index < -0.39 is 0 Å². The third kappa shape index (κ3) is 7.40. The molecular weight excluding hydrogens is 340 g/mol. The number of hydrogen-bond acceptors (Lipinski definition) is 3. The molecule has 0 unspecified atom stereocenters. The maximum Gasteiger partial charge on any atom is 0.251 e. The minimum absolute atomic E-state index is 0.0489. The van der Waals surface area contributed by atoms with E-state index in [1.165, 1.54) is 0 Å². The maximum absolute atomic E-state index is 11.8. The number of guanidine groups is 1. The molecule has 0 bridgehead atoms. The van der Waals surface area contributed by atoms with Crippen molar-refractivity contribution in [1.82, 2.24) is 16.0 Å². The van der Waals surface area contributed by atoms with Crippen LogP contribution in [0.4, 0.5) is 0 Å². The highest BCUT2D eigenvalue weighted by molar-refractivity contribution is 5.94. The van der Waals surface area contributed by atoms with Crippen molar-refractivity contribution in [2.24, 2.45) is 4.99 Å². The Labute approximate surface area is 161 Å². The number of aliphatic imine (C=N–C) groups is 1. The molecule has 0 aliphatic heterocycles. The number of carbonyl (C=O) groups excluding carboxylic acids is 1. The lowest BCUT2D eigenvalue weighted by atomic mass is 10.1. The molecule has 0 aliphatic rings. The van der Waals surface area contributed by atoms with E-state index in [-0.39, 0.29) is 5.91 Å². The summed E-state index contributed by atoms with van der Waals surface area (Å²) in [6.07, 6.45) is 0.872. The first-order valence-electron chi connectivity index (χ1n) is 9.22. The standard InChI is InChI=1S/C21H28N4O2/c1-3-23-20(26)18-12-10-17(11-13-18)16-25-21(22-2)24-14-7-15-27-19-8-5-4-6-9-19/h4-6,8-13H,3,7,14-16H2,1-2H3,(H,23,26)(H2,22,24,25). The molecule has 0 saturated carbocycles. The molecular formula is C21H28N4O2. The smallest absolute Gasteiger partial charge is 0.251 e. The molecule has 0 atom stereocenters. The zero-order valence-corrected chi connectivity index (χ0v) is 16.0. The predicted octanol–water partition coefficient (Wildman–Crippen LogP) is 2.57. The Bertz CT molecular complexity index is 715. The lowest BCUT2D eigenvalue weighted by molar-refractivity contribution is 0.0956. The molecule has 2 aromatic rings. The average Bonchev–Trinajstić information content (AvgIpc) is 2.71. The van der Waals surface area contributed by atoms with Gasteiger partial charge in [0.2, 0.25) is 0 Å². The predicted molar refractivity (Wildman–Crippen MR) is 109 cm³/mol. The first-order valence-corrected chi connectivity index (χ1v) is 9.22. The summed E-state index contributed by atoms with van der Waals surface area (Å²) in [5.41, 5.74) is 1.75. The van der Waals surface area contributed by atoms with Crippen LogP contribution in [0.25, 0.3) is 0 Å². The van der Waals surface area contributed by atoms with Gasteiger partial charge in [0, 0.05) is 32.2 Å². The van der Waals surface area contributed by atoms with Gasteiger partial charge in [0.05, 0.1) is 6.61 Å². The zero-order chi connectivity index (χ0) is 19.3. The summed E-state index contributed by atoms with van der Waals surface area (Å²) in [6, 6.07) is 17.3. The molecule has 6 heteroatoms. The number of rotatable bonds is 9. The van der Waals surface area contributed by atoms with Crippen molar-refractivity contribution >= 4 is 11.9 Å². The monoisotopic (exact) mass is 368 g/mol. The fourth-order valence-corrected chi connectivity index (χ4v) is 2.43. The molecule has 6 nitrogen and oxygen atoms in total. The molecule has 3 N–H and O–H groups in total. The van der Waals surface area contributed by atoms with Gasteiger partial charge < -0.3 is 20.7 Å². The lowest BCUT2D eigenvalue weighted by Gasteiger charge is -2.12. The van der Waals surface area contributed by atoms with E-state index in [0.717, 1.165) is 30.2 Å². The number of benzene rings is 2. The summed E-state index contributed by atoms with van der Waals surface area (Å²) in [5, 5.41) is 9.32. The Morgan fingerprint density at radius 2 is 1.74 bits per heavy atom. The second kappa shape index (κ2) is 11.6. The molecule has 27 heavy (non-hydrogen) atoms. The summed E-state index contributed by atoms with van der Waals surface area (Å²) in [7, 11) is 1.74. The van der Waals surface area contributed by atoms with E-state index in [1.54, 1.807) is 7.05 Å². The normalized spacial score (nSPS) is 11.0. The second-order valence-corrected chi connectivity index (χ2v) is 5.92. The molecule has 0 saturated heterocycles. The fraction of sp³-hybridized carbons (Fsp3) is 0.333. The molecule has 0 heterocycles. The molecule has 144 valence electrons. The van der Waals surface area contributed by atoms with Gasteiger partial charge in [0.25, 0.3) is 5.91 Å². The summed E-state index contributed by atoms with van der Waals surface area (Å²) in [4.78, 5) is 16.0. The SMILES string of the molecule is CCNC(=O)c1ccc(CNC(=NC)NCCCOc2ccccc2)cc1. The van der Waals surface area contributed by atoms with E-state index in [9.17, 15) is 4.79 Å². The Kier molecular flexibility index (Phi) is 8.69. The van der Waals surface area contributed by atoms with Crippen molar-refractivity contribution in [2.45, 2.75) is 19.9 Å². The van der Waals surface area contributed by atoms with Crippen LogP contribution in [0.2, 0.25) is 0 Å². The van der Waals surface area contributed by atoms with Crippen LogP contribution in [0.5, 0.6) is 5.75 Å². The molecule has 1 amide bonds. The van der Waals surface area contributed by atoms with E-state index in [2.05, 4.69) is 20.9 Å². The van der Waals surface area contributed by atoms with E-state index in [0.29, 0.717) is 25.3 Å². The van der Waals surface area contributed by atoms with Gasteiger partial charge >= 0.3 is 0 Å². The fourth-order valence-electron chi connectivity index (χ4n) is 2.43. The second-order valence-electron chi connectivity index (χ2n) is 5.92. The largest absolute Gasteiger partial charge is 0.494 e. The van der Waals surface area contributed by atoms with Crippen LogP contribution in [0.3, 0.4) is 0 Å². The summed E-state index contributed by atoms with van der Waals surface area (Å²) in [5.74, 6) is 1.57. The first-order chi connectivity index (χ1) is 13.2. The van der Waals surface area contributed by atoms with Gasteiger partial charge in [-0.25, -0.2) is 0 Å². The van der Waals surface area contributed by atoms with Crippen molar-refractivity contribution in [3.63, 3.8) is 0 Å². The number of carbonyl (C=O) groups is 1. The van der Waals surface area contributed by atoms with Crippen LogP contribution in [0, 0.1) is 0 Å². The van der Waals surface area contributed by atoms with Gasteiger partial charge in [0.1, 0.15) is 5.75 Å². The molecule has 0 fully saturated rings. The number of hydrogen-bond donors (Lipinski definition) is 3.